The van der Waals surface area contributed by atoms with Crippen LogP contribution < -0.4 is 10.6 Å². The summed E-state index contributed by atoms with van der Waals surface area (Å²) in [7, 11) is 0. The van der Waals surface area contributed by atoms with Crippen LogP contribution in [-0.4, -0.2) is 32.3 Å². The molecule has 0 aliphatic carbocycles. The van der Waals surface area contributed by atoms with Crippen molar-refractivity contribution < 1.29 is 4.74 Å². The van der Waals surface area contributed by atoms with Crippen LogP contribution >= 0.6 is 0 Å². The van der Waals surface area contributed by atoms with Crippen molar-refractivity contribution in [2.24, 2.45) is 17.6 Å². The van der Waals surface area contributed by atoms with Gasteiger partial charge in [0.15, 0.2) is 0 Å². The van der Waals surface area contributed by atoms with E-state index in [1.165, 1.54) is 17.7 Å². The molecule has 2 atom stereocenters. The molecule has 0 spiro atoms. The minimum atomic E-state index is 0.461. The molecule has 0 amide bonds. The van der Waals surface area contributed by atoms with Gasteiger partial charge in [-0.15, -0.1) is 0 Å². The molecule has 3 nitrogen and oxygen atoms in total. The average molecular weight is 274 g/mol. The second kappa shape index (κ2) is 6.15. The van der Waals surface area contributed by atoms with Crippen LogP contribution in [0, 0.1) is 11.8 Å². The van der Waals surface area contributed by atoms with Gasteiger partial charge in [0.1, 0.15) is 0 Å². The summed E-state index contributed by atoms with van der Waals surface area (Å²) in [5.74, 6) is 1.38. The third-order valence-corrected chi connectivity index (χ3v) is 4.83. The number of rotatable bonds is 3. The van der Waals surface area contributed by atoms with Crippen molar-refractivity contribution in [1.82, 2.24) is 0 Å². The van der Waals surface area contributed by atoms with Crippen LogP contribution in [0.15, 0.2) is 24.3 Å². The quantitative estimate of drug-likeness (QED) is 0.920. The number of para-hydroxylation sites is 1. The fourth-order valence-corrected chi connectivity index (χ4v) is 3.83. The van der Waals surface area contributed by atoms with Gasteiger partial charge in [-0.05, 0) is 42.7 Å². The van der Waals surface area contributed by atoms with Crippen LogP contribution in [0.1, 0.15) is 25.3 Å². The Hall–Kier alpha value is -1.06. The first-order valence-electron chi connectivity index (χ1n) is 7.92. The van der Waals surface area contributed by atoms with Gasteiger partial charge in [0.05, 0.1) is 0 Å². The number of nitrogens with zero attached hydrogens (tertiary/aromatic N) is 1. The van der Waals surface area contributed by atoms with Gasteiger partial charge in [0, 0.05) is 38.0 Å². The maximum atomic E-state index is 6.15. The van der Waals surface area contributed by atoms with Gasteiger partial charge < -0.3 is 15.4 Å². The van der Waals surface area contributed by atoms with Gasteiger partial charge in [-0.25, -0.2) is 0 Å². The summed E-state index contributed by atoms with van der Waals surface area (Å²) in [6, 6.07) is 9.31. The van der Waals surface area contributed by atoms with Crippen molar-refractivity contribution in [3.05, 3.63) is 29.8 Å². The Kier molecular flexibility index (Phi) is 4.27. The number of benzene rings is 1. The van der Waals surface area contributed by atoms with E-state index in [1.807, 2.05) is 0 Å². The van der Waals surface area contributed by atoms with Crippen LogP contribution in [0.25, 0.3) is 0 Å². The molecule has 3 rings (SSSR count). The number of hydrogen-bond acceptors (Lipinski definition) is 3. The zero-order chi connectivity index (χ0) is 13.9. The molecule has 20 heavy (non-hydrogen) atoms. The molecule has 2 aliphatic rings. The zero-order valence-electron chi connectivity index (χ0n) is 12.4. The van der Waals surface area contributed by atoms with E-state index in [0.29, 0.717) is 17.9 Å². The predicted octanol–water partition coefficient (Wildman–Crippen LogP) is 2.44. The van der Waals surface area contributed by atoms with Gasteiger partial charge in [0.25, 0.3) is 0 Å². The van der Waals surface area contributed by atoms with Gasteiger partial charge in [-0.1, -0.05) is 25.1 Å². The Morgan fingerprint density at radius 2 is 2.05 bits per heavy atom. The first-order valence-corrected chi connectivity index (χ1v) is 7.92. The molecule has 2 heterocycles. The Morgan fingerprint density at radius 1 is 1.30 bits per heavy atom. The van der Waals surface area contributed by atoms with Crippen LogP contribution in [0.2, 0.25) is 0 Å². The fourth-order valence-electron chi connectivity index (χ4n) is 3.83. The fraction of sp³-hybridized carbons (Fsp3) is 0.647. The molecule has 1 aromatic rings. The van der Waals surface area contributed by atoms with Crippen LogP contribution in [0.5, 0.6) is 0 Å². The first kappa shape index (κ1) is 13.9. The lowest BCUT2D eigenvalue weighted by Gasteiger charge is -2.44. The van der Waals surface area contributed by atoms with Crippen molar-refractivity contribution in [2.75, 3.05) is 31.2 Å². The molecule has 3 heteroatoms. The van der Waals surface area contributed by atoms with E-state index >= 15 is 0 Å². The summed E-state index contributed by atoms with van der Waals surface area (Å²) in [6.07, 6.45) is 3.49. The van der Waals surface area contributed by atoms with E-state index in [0.717, 1.165) is 39.1 Å². The maximum Gasteiger partial charge on any atom is 0.0469 e. The summed E-state index contributed by atoms with van der Waals surface area (Å²) in [6.45, 7) is 6.01. The van der Waals surface area contributed by atoms with E-state index in [1.54, 1.807) is 0 Å². The lowest BCUT2D eigenvalue weighted by atomic mass is 9.86. The van der Waals surface area contributed by atoms with Crippen LogP contribution in [0.3, 0.4) is 0 Å². The van der Waals surface area contributed by atoms with Crippen LogP contribution in [0.4, 0.5) is 5.69 Å². The number of ether oxygens (including phenoxy) is 1. The van der Waals surface area contributed by atoms with Crippen LogP contribution in [-0.2, 0) is 11.2 Å². The largest absolute Gasteiger partial charge is 0.381 e. The molecule has 0 radical (unpaired) electrons. The molecule has 110 valence electrons. The third-order valence-electron chi connectivity index (χ3n) is 4.83. The maximum absolute atomic E-state index is 6.15. The van der Waals surface area contributed by atoms with Crippen molar-refractivity contribution in [1.29, 1.82) is 0 Å². The molecule has 0 bridgehead atoms. The standard InChI is InChI=1S/C17H26N2O/c1-13-10-15-4-2-3-5-16(15)19(12-13)17(11-18)14-6-8-20-9-7-14/h2-5,13-14,17H,6-12,18H2,1H3. The van der Waals surface area contributed by atoms with Crippen molar-refractivity contribution >= 4 is 5.69 Å². The smallest absolute Gasteiger partial charge is 0.0469 e. The molecule has 2 aliphatic heterocycles. The number of hydrogen-bond donors (Lipinski definition) is 1. The Morgan fingerprint density at radius 3 is 2.80 bits per heavy atom. The van der Waals surface area contributed by atoms with Crippen molar-refractivity contribution in [3.8, 4) is 0 Å². The number of nitrogens with two attached hydrogens (primary N) is 1. The minimum absolute atomic E-state index is 0.461. The highest BCUT2D eigenvalue weighted by molar-refractivity contribution is 5.56. The predicted molar refractivity (Wildman–Crippen MR) is 83.0 cm³/mol. The highest BCUT2D eigenvalue weighted by Gasteiger charge is 2.32. The molecule has 1 aromatic carbocycles. The lowest BCUT2D eigenvalue weighted by molar-refractivity contribution is 0.0578. The van der Waals surface area contributed by atoms with Gasteiger partial charge >= 0.3 is 0 Å². The summed E-state index contributed by atoms with van der Waals surface area (Å²) in [5, 5.41) is 0. The molecule has 0 aromatic heterocycles. The molecule has 0 saturated carbocycles. The minimum Gasteiger partial charge on any atom is -0.381 e. The average Bonchev–Trinajstić information content (AvgIpc) is 2.49. The summed E-state index contributed by atoms with van der Waals surface area (Å²) >= 11 is 0. The molecule has 2 N–H and O–H groups in total. The second-order valence-electron chi connectivity index (χ2n) is 6.34. The van der Waals surface area contributed by atoms with E-state index in [-0.39, 0.29) is 0 Å². The van der Waals surface area contributed by atoms with E-state index in [9.17, 15) is 0 Å². The first-order chi connectivity index (χ1) is 9.79. The summed E-state index contributed by atoms with van der Waals surface area (Å²) in [4.78, 5) is 2.58. The highest BCUT2D eigenvalue weighted by Crippen LogP contribution is 2.34. The van der Waals surface area contributed by atoms with Gasteiger partial charge in [-0.3, -0.25) is 0 Å². The highest BCUT2D eigenvalue weighted by atomic mass is 16.5. The normalized spacial score (nSPS) is 25.3. The third kappa shape index (κ3) is 2.70. The molecule has 1 saturated heterocycles. The SMILES string of the molecule is CC1Cc2ccccc2N(C(CN)C2CCOCC2)C1. The summed E-state index contributed by atoms with van der Waals surface area (Å²) in [5.41, 5.74) is 9.05. The Bertz CT molecular complexity index is 442. The van der Waals surface area contributed by atoms with E-state index < -0.39 is 0 Å². The molecule has 2 unspecified atom stereocenters. The Labute approximate surface area is 122 Å². The number of fused-ring (bicyclic) bond motifs is 1. The monoisotopic (exact) mass is 274 g/mol. The van der Waals surface area contributed by atoms with E-state index in [4.69, 9.17) is 10.5 Å². The Balaban J connectivity index is 1.87. The van der Waals surface area contributed by atoms with E-state index in [2.05, 4.69) is 36.1 Å². The van der Waals surface area contributed by atoms with Gasteiger partial charge in [-0.2, -0.15) is 0 Å². The van der Waals surface area contributed by atoms with Gasteiger partial charge in [0.2, 0.25) is 0 Å². The van der Waals surface area contributed by atoms with Crippen molar-refractivity contribution in [2.45, 2.75) is 32.2 Å². The van der Waals surface area contributed by atoms with Crippen molar-refractivity contribution in [3.63, 3.8) is 0 Å². The molecular formula is C17H26N2O. The molecular weight excluding hydrogens is 248 g/mol. The summed E-state index contributed by atoms with van der Waals surface area (Å²) < 4.78 is 5.51. The lowest BCUT2D eigenvalue weighted by Crippen LogP contribution is -2.50. The second-order valence-corrected chi connectivity index (χ2v) is 6.34. The topological polar surface area (TPSA) is 38.5 Å². The number of anilines is 1. The zero-order valence-corrected chi connectivity index (χ0v) is 12.4. The molecule has 1 fully saturated rings.